The molecule has 0 saturated heterocycles. The van der Waals surface area contributed by atoms with Crippen LogP contribution in [-0.4, -0.2) is 23.2 Å². The van der Waals surface area contributed by atoms with E-state index in [0.717, 1.165) is 37.2 Å². The van der Waals surface area contributed by atoms with Crippen molar-refractivity contribution >= 4 is 5.91 Å². The summed E-state index contributed by atoms with van der Waals surface area (Å²) in [5, 5.41) is 13.4. The number of carbonyl (C=O) groups is 1. The van der Waals surface area contributed by atoms with Gasteiger partial charge in [0.25, 0.3) is 0 Å². The Morgan fingerprint density at radius 1 is 1.30 bits per heavy atom. The Morgan fingerprint density at radius 3 is 2.55 bits per heavy atom. The van der Waals surface area contributed by atoms with Gasteiger partial charge < -0.3 is 10.4 Å². The van der Waals surface area contributed by atoms with Crippen LogP contribution < -0.4 is 5.32 Å². The second kappa shape index (κ2) is 6.89. The van der Waals surface area contributed by atoms with Gasteiger partial charge in [-0.2, -0.15) is 0 Å². The van der Waals surface area contributed by atoms with E-state index in [2.05, 4.69) is 12.2 Å². The van der Waals surface area contributed by atoms with Crippen LogP contribution >= 0.6 is 0 Å². The Labute approximate surface area is 121 Å². The van der Waals surface area contributed by atoms with E-state index < -0.39 is 5.60 Å². The Morgan fingerprint density at radius 2 is 1.95 bits per heavy atom. The molecule has 0 aromatic heterocycles. The summed E-state index contributed by atoms with van der Waals surface area (Å²) in [5.41, 5.74) is 0.310. The van der Waals surface area contributed by atoms with Crippen LogP contribution in [0.5, 0.6) is 0 Å². The standard InChI is InChI=1S/C17H25NO2/c1-2-14-8-10-17(20,11-9-14)13-18-16(19)12-15-6-4-3-5-7-15/h3-7,14,20H,2,8-13H2,1H3,(H,18,19). The Kier molecular flexibility index (Phi) is 5.18. The van der Waals surface area contributed by atoms with Crippen molar-refractivity contribution in [3.63, 3.8) is 0 Å². The van der Waals surface area contributed by atoms with Crippen LogP contribution in [-0.2, 0) is 11.2 Å². The molecule has 0 heterocycles. The highest BCUT2D eigenvalue weighted by atomic mass is 16.3. The van der Waals surface area contributed by atoms with Crippen molar-refractivity contribution in [3.8, 4) is 0 Å². The molecular formula is C17H25NO2. The fraction of sp³-hybridized carbons (Fsp3) is 0.588. The fourth-order valence-corrected chi connectivity index (χ4v) is 2.91. The summed E-state index contributed by atoms with van der Waals surface area (Å²) >= 11 is 0. The van der Waals surface area contributed by atoms with E-state index in [1.807, 2.05) is 30.3 Å². The zero-order valence-corrected chi connectivity index (χ0v) is 12.3. The lowest BCUT2D eigenvalue weighted by Gasteiger charge is -2.35. The number of nitrogens with one attached hydrogen (secondary N) is 1. The molecule has 2 N–H and O–H groups in total. The van der Waals surface area contributed by atoms with Gasteiger partial charge in [-0.15, -0.1) is 0 Å². The van der Waals surface area contributed by atoms with Gasteiger partial charge in [0.15, 0.2) is 0 Å². The molecule has 3 heteroatoms. The van der Waals surface area contributed by atoms with E-state index in [4.69, 9.17) is 0 Å². The number of carbonyl (C=O) groups excluding carboxylic acids is 1. The van der Waals surface area contributed by atoms with Crippen LogP contribution in [0.4, 0.5) is 0 Å². The second-order valence-electron chi connectivity index (χ2n) is 6.02. The molecule has 1 saturated carbocycles. The topological polar surface area (TPSA) is 49.3 Å². The summed E-state index contributed by atoms with van der Waals surface area (Å²) in [7, 11) is 0. The minimum absolute atomic E-state index is 0.0118. The van der Waals surface area contributed by atoms with E-state index in [-0.39, 0.29) is 5.91 Å². The van der Waals surface area contributed by atoms with E-state index in [9.17, 15) is 9.90 Å². The van der Waals surface area contributed by atoms with Gasteiger partial charge in [0.2, 0.25) is 5.91 Å². The van der Waals surface area contributed by atoms with Gasteiger partial charge in [-0.05, 0) is 37.2 Å². The van der Waals surface area contributed by atoms with Gasteiger partial charge >= 0.3 is 0 Å². The lowest BCUT2D eigenvalue weighted by Crippen LogP contribution is -2.45. The van der Waals surface area contributed by atoms with Crippen molar-refractivity contribution < 1.29 is 9.90 Å². The summed E-state index contributed by atoms with van der Waals surface area (Å²) in [6.45, 7) is 2.59. The second-order valence-corrected chi connectivity index (χ2v) is 6.02. The van der Waals surface area contributed by atoms with Gasteiger partial charge in [-0.1, -0.05) is 43.7 Å². The minimum atomic E-state index is -0.696. The Hall–Kier alpha value is -1.35. The molecule has 0 aliphatic heterocycles. The number of aliphatic hydroxyl groups is 1. The maximum Gasteiger partial charge on any atom is 0.224 e. The molecule has 1 aromatic carbocycles. The third kappa shape index (κ3) is 4.34. The lowest BCUT2D eigenvalue weighted by molar-refractivity contribution is -0.122. The highest BCUT2D eigenvalue weighted by Crippen LogP contribution is 2.33. The summed E-state index contributed by atoms with van der Waals surface area (Å²) in [4.78, 5) is 11.9. The summed E-state index contributed by atoms with van der Waals surface area (Å²) < 4.78 is 0. The number of benzene rings is 1. The molecule has 20 heavy (non-hydrogen) atoms. The summed E-state index contributed by atoms with van der Waals surface area (Å²) in [6, 6.07) is 9.70. The van der Waals surface area contributed by atoms with Crippen molar-refractivity contribution in [2.75, 3.05) is 6.54 Å². The Bertz CT molecular complexity index is 422. The molecule has 0 spiro atoms. The zero-order chi connectivity index (χ0) is 14.4. The van der Waals surface area contributed by atoms with E-state index in [1.165, 1.54) is 6.42 Å². The predicted octanol–water partition coefficient (Wildman–Crippen LogP) is 2.68. The molecule has 0 unspecified atom stereocenters. The van der Waals surface area contributed by atoms with E-state index >= 15 is 0 Å². The Balaban J connectivity index is 1.76. The molecule has 1 aliphatic carbocycles. The van der Waals surface area contributed by atoms with Crippen LogP contribution in [0.15, 0.2) is 30.3 Å². The number of amides is 1. The zero-order valence-electron chi connectivity index (χ0n) is 12.3. The first-order valence-corrected chi connectivity index (χ1v) is 7.64. The monoisotopic (exact) mass is 275 g/mol. The molecule has 2 rings (SSSR count). The van der Waals surface area contributed by atoms with Crippen molar-refractivity contribution in [3.05, 3.63) is 35.9 Å². The average molecular weight is 275 g/mol. The fourth-order valence-electron chi connectivity index (χ4n) is 2.91. The third-order valence-electron chi connectivity index (χ3n) is 4.44. The molecule has 1 fully saturated rings. The van der Waals surface area contributed by atoms with Crippen molar-refractivity contribution in [1.82, 2.24) is 5.32 Å². The van der Waals surface area contributed by atoms with Gasteiger partial charge in [0.1, 0.15) is 0 Å². The van der Waals surface area contributed by atoms with Crippen molar-refractivity contribution in [2.24, 2.45) is 5.92 Å². The first-order valence-electron chi connectivity index (χ1n) is 7.64. The SMILES string of the molecule is CCC1CCC(O)(CNC(=O)Cc2ccccc2)CC1. The third-order valence-corrected chi connectivity index (χ3v) is 4.44. The molecule has 3 nitrogen and oxygen atoms in total. The number of rotatable bonds is 5. The lowest BCUT2D eigenvalue weighted by atomic mass is 9.78. The van der Waals surface area contributed by atoms with Crippen LogP contribution in [0.25, 0.3) is 0 Å². The molecule has 0 radical (unpaired) electrons. The molecule has 110 valence electrons. The molecule has 1 amide bonds. The largest absolute Gasteiger partial charge is 0.388 e. The molecular weight excluding hydrogens is 250 g/mol. The van der Waals surface area contributed by atoms with Crippen LogP contribution in [0.3, 0.4) is 0 Å². The van der Waals surface area contributed by atoms with Gasteiger partial charge in [-0.25, -0.2) is 0 Å². The molecule has 0 atom stereocenters. The molecule has 0 bridgehead atoms. The van der Waals surface area contributed by atoms with E-state index in [0.29, 0.717) is 13.0 Å². The number of hydrogen-bond acceptors (Lipinski definition) is 2. The highest BCUT2D eigenvalue weighted by molar-refractivity contribution is 5.78. The van der Waals surface area contributed by atoms with Gasteiger partial charge in [0, 0.05) is 6.54 Å². The molecule has 1 aromatic rings. The smallest absolute Gasteiger partial charge is 0.224 e. The maximum atomic E-state index is 11.9. The van der Waals surface area contributed by atoms with E-state index in [1.54, 1.807) is 0 Å². The summed E-state index contributed by atoms with van der Waals surface area (Å²) in [5.74, 6) is 0.734. The predicted molar refractivity (Wildman–Crippen MR) is 80.4 cm³/mol. The summed E-state index contributed by atoms with van der Waals surface area (Å²) in [6.07, 6.45) is 5.32. The van der Waals surface area contributed by atoms with Crippen LogP contribution in [0, 0.1) is 5.92 Å². The first kappa shape index (κ1) is 15.0. The maximum absolute atomic E-state index is 11.9. The van der Waals surface area contributed by atoms with Crippen LogP contribution in [0.1, 0.15) is 44.6 Å². The van der Waals surface area contributed by atoms with Crippen molar-refractivity contribution in [2.45, 2.75) is 51.0 Å². The van der Waals surface area contributed by atoms with Crippen molar-refractivity contribution in [1.29, 1.82) is 0 Å². The first-order chi connectivity index (χ1) is 9.61. The van der Waals surface area contributed by atoms with Gasteiger partial charge in [-0.3, -0.25) is 4.79 Å². The quantitative estimate of drug-likeness (QED) is 0.868. The minimum Gasteiger partial charge on any atom is -0.388 e. The molecule has 1 aliphatic rings. The van der Waals surface area contributed by atoms with Gasteiger partial charge in [0.05, 0.1) is 12.0 Å². The van der Waals surface area contributed by atoms with Crippen LogP contribution in [0.2, 0.25) is 0 Å². The highest BCUT2D eigenvalue weighted by Gasteiger charge is 2.32. The number of hydrogen-bond donors (Lipinski definition) is 2. The normalized spacial score (nSPS) is 26.2. The average Bonchev–Trinajstić information content (AvgIpc) is 2.47.